The lowest BCUT2D eigenvalue weighted by Crippen LogP contribution is -2.60. The van der Waals surface area contributed by atoms with E-state index in [-0.39, 0.29) is 23.8 Å². The van der Waals surface area contributed by atoms with Gasteiger partial charge in [0.05, 0.1) is 5.37 Å². The van der Waals surface area contributed by atoms with Gasteiger partial charge >= 0.3 is 5.97 Å². The first-order valence-electron chi connectivity index (χ1n) is 7.31. The average Bonchev–Trinajstić information content (AvgIpc) is 2.55. The number of piperidine rings is 1. The number of thiol groups is 1. The highest BCUT2D eigenvalue weighted by Crippen LogP contribution is 2.34. The second-order valence-corrected chi connectivity index (χ2v) is 6.89. The number of nitrogens with one attached hydrogen (secondary N) is 1. The fraction of sp³-hybridized carbons (Fsp3) is 0.467. The Hall–Kier alpha value is -1.64. The number of amides is 1. The number of carbonyl (C=O) groups is 2. The van der Waals surface area contributed by atoms with Gasteiger partial charge in [-0.05, 0) is 37.7 Å². The zero-order valence-electron chi connectivity index (χ0n) is 13.0. The Bertz CT molecular complexity index is 642. The summed E-state index contributed by atoms with van der Waals surface area (Å²) >= 11 is 10.1. The molecule has 0 aliphatic carbocycles. The number of nitroso groups, excluding NO2 is 1. The summed E-state index contributed by atoms with van der Waals surface area (Å²) < 4.78 is 0. The largest absolute Gasteiger partial charge is 0.480 e. The molecule has 1 aliphatic rings. The molecule has 2 rings (SSSR count). The zero-order valence-corrected chi connectivity index (χ0v) is 14.6. The van der Waals surface area contributed by atoms with Gasteiger partial charge in [-0.25, -0.2) is 4.79 Å². The number of hydrogen-bond acceptors (Lipinski definition) is 6. The molecular weight excluding hydrogens is 354 g/mol. The van der Waals surface area contributed by atoms with Gasteiger partial charge < -0.3 is 10.4 Å². The van der Waals surface area contributed by atoms with Gasteiger partial charge in [0, 0.05) is 23.6 Å². The van der Waals surface area contributed by atoms with Crippen molar-refractivity contribution in [3.63, 3.8) is 0 Å². The van der Waals surface area contributed by atoms with E-state index in [1.165, 1.54) is 24.3 Å². The highest BCUT2D eigenvalue weighted by molar-refractivity contribution is 7.80. The molecule has 1 amide bonds. The lowest BCUT2D eigenvalue weighted by Gasteiger charge is -2.42. The van der Waals surface area contributed by atoms with Crippen LogP contribution in [0, 0.1) is 4.91 Å². The van der Waals surface area contributed by atoms with Crippen LogP contribution in [0.2, 0.25) is 5.02 Å². The Morgan fingerprint density at radius 3 is 2.58 bits per heavy atom. The molecule has 0 spiro atoms. The summed E-state index contributed by atoms with van der Waals surface area (Å²) in [4.78, 5) is 37.4. The molecular formula is C15H18ClN3O4S. The molecule has 7 nitrogen and oxygen atoms in total. The lowest BCUT2D eigenvalue weighted by atomic mass is 9.81. The van der Waals surface area contributed by atoms with Crippen molar-refractivity contribution in [2.75, 3.05) is 13.6 Å². The number of nitrogens with zero attached hydrogens (tertiary/aromatic N) is 2. The Balaban J connectivity index is 2.24. The van der Waals surface area contributed by atoms with Crippen molar-refractivity contribution in [3.8, 4) is 0 Å². The fourth-order valence-corrected chi connectivity index (χ4v) is 3.29. The molecule has 0 aromatic heterocycles. The molecule has 3 atom stereocenters. The summed E-state index contributed by atoms with van der Waals surface area (Å²) in [6.45, 7) is 0.459. The Morgan fingerprint density at radius 2 is 2.08 bits per heavy atom. The van der Waals surface area contributed by atoms with Crippen LogP contribution >= 0.6 is 24.2 Å². The number of carboxylic acid groups (broad SMARTS) is 1. The van der Waals surface area contributed by atoms with Gasteiger partial charge in [0.15, 0.2) is 6.04 Å². The summed E-state index contributed by atoms with van der Waals surface area (Å²) in [5.41, 5.74) is -1.19. The summed E-state index contributed by atoms with van der Waals surface area (Å²) in [5, 5.41) is 15.2. The smallest absolute Gasteiger partial charge is 0.328 e. The SMILES string of the molecule is CN1CCC(N=O)(C(NC(=O)c2ccc(Cl)cc2)C(=O)O)CC1S. The van der Waals surface area contributed by atoms with Gasteiger partial charge in [0.25, 0.3) is 5.91 Å². The number of benzene rings is 1. The van der Waals surface area contributed by atoms with Crippen LogP contribution in [-0.4, -0.2) is 52.4 Å². The molecule has 1 saturated heterocycles. The van der Waals surface area contributed by atoms with Gasteiger partial charge in [-0.1, -0.05) is 16.8 Å². The van der Waals surface area contributed by atoms with Crippen LogP contribution in [0.25, 0.3) is 0 Å². The normalized spacial score (nSPS) is 25.7. The number of halogens is 1. The summed E-state index contributed by atoms with van der Waals surface area (Å²) in [5.74, 6) is -1.90. The Kier molecular flexibility index (Phi) is 5.84. The highest BCUT2D eigenvalue weighted by Gasteiger charge is 2.49. The molecule has 1 aromatic carbocycles. The minimum absolute atomic E-state index is 0.133. The second kappa shape index (κ2) is 7.50. The highest BCUT2D eigenvalue weighted by atomic mass is 35.5. The number of carboxylic acids is 1. The lowest BCUT2D eigenvalue weighted by molar-refractivity contribution is -0.141. The van der Waals surface area contributed by atoms with E-state index in [4.69, 9.17) is 11.6 Å². The van der Waals surface area contributed by atoms with E-state index in [2.05, 4.69) is 23.1 Å². The number of carbonyl (C=O) groups excluding carboxylic acids is 1. The molecule has 1 heterocycles. The van der Waals surface area contributed by atoms with E-state index in [9.17, 15) is 19.6 Å². The molecule has 1 fully saturated rings. The Labute approximate surface area is 149 Å². The monoisotopic (exact) mass is 371 g/mol. The van der Waals surface area contributed by atoms with E-state index in [0.717, 1.165) is 0 Å². The van der Waals surface area contributed by atoms with Crippen molar-refractivity contribution >= 4 is 36.1 Å². The predicted molar refractivity (Wildman–Crippen MR) is 93.5 cm³/mol. The fourth-order valence-electron chi connectivity index (χ4n) is 2.73. The van der Waals surface area contributed by atoms with Crippen molar-refractivity contribution in [1.29, 1.82) is 0 Å². The minimum Gasteiger partial charge on any atom is -0.480 e. The standard InChI is InChI=1S/C15H18ClN3O4S/c1-19-7-6-15(18-23,8-11(19)24)12(14(21)22)17-13(20)9-2-4-10(16)5-3-9/h2-5,11-12,24H,6-8H2,1H3,(H,17,20)(H,21,22). The van der Waals surface area contributed by atoms with Gasteiger partial charge in [-0.2, -0.15) is 17.5 Å². The number of aliphatic carboxylic acids is 1. The molecule has 1 aromatic rings. The second-order valence-electron chi connectivity index (χ2n) is 5.86. The number of likely N-dealkylation sites (tertiary alicyclic amines) is 1. The molecule has 130 valence electrons. The van der Waals surface area contributed by atoms with Crippen molar-refractivity contribution in [3.05, 3.63) is 39.8 Å². The number of rotatable bonds is 5. The molecule has 1 aliphatic heterocycles. The van der Waals surface area contributed by atoms with Crippen LogP contribution in [0.4, 0.5) is 0 Å². The third-order valence-electron chi connectivity index (χ3n) is 4.29. The molecule has 24 heavy (non-hydrogen) atoms. The Morgan fingerprint density at radius 1 is 1.46 bits per heavy atom. The third kappa shape index (κ3) is 3.88. The molecule has 2 N–H and O–H groups in total. The van der Waals surface area contributed by atoms with Crippen LogP contribution < -0.4 is 5.32 Å². The first-order valence-corrected chi connectivity index (χ1v) is 8.20. The van der Waals surface area contributed by atoms with Gasteiger partial charge in [-0.3, -0.25) is 9.69 Å². The predicted octanol–water partition coefficient (Wildman–Crippen LogP) is 2.01. The van der Waals surface area contributed by atoms with Crippen LogP contribution in [-0.2, 0) is 4.79 Å². The van der Waals surface area contributed by atoms with Crippen LogP contribution in [0.5, 0.6) is 0 Å². The third-order valence-corrected chi connectivity index (χ3v) is 5.12. The maximum atomic E-state index is 12.3. The van der Waals surface area contributed by atoms with Gasteiger partial charge in [0.2, 0.25) is 0 Å². The molecule has 0 saturated carbocycles. The van der Waals surface area contributed by atoms with E-state index in [0.29, 0.717) is 11.6 Å². The molecule has 0 bridgehead atoms. The maximum Gasteiger partial charge on any atom is 0.328 e. The van der Waals surface area contributed by atoms with Gasteiger partial charge in [-0.15, -0.1) is 0 Å². The molecule has 9 heteroatoms. The summed E-state index contributed by atoms with van der Waals surface area (Å²) in [6, 6.07) is 4.58. The van der Waals surface area contributed by atoms with E-state index in [1.54, 1.807) is 0 Å². The van der Waals surface area contributed by atoms with Crippen LogP contribution in [0.1, 0.15) is 23.2 Å². The minimum atomic E-state index is -1.44. The first kappa shape index (κ1) is 18.7. The van der Waals surface area contributed by atoms with Crippen LogP contribution in [0.15, 0.2) is 29.4 Å². The van der Waals surface area contributed by atoms with E-state index < -0.39 is 23.5 Å². The molecule has 3 unspecified atom stereocenters. The topological polar surface area (TPSA) is 99.1 Å². The van der Waals surface area contributed by atoms with Crippen molar-refractivity contribution in [1.82, 2.24) is 10.2 Å². The van der Waals surface area contributed by atoms with Crippen LogP contribution in [0.3, 0.4) is 0 Å². The first-order chi connectivity index (χ1) is 11.3. The number of hydrogen-bond donors (Lipinski definition) is 3. The van der Waals surface area contributed by atoms with Crippen molar-refractivity contribution in [2.45, 2.75) is 29.8 Å². The quantitative estimate of drug-likeness (QED) is 0.543. The van der Waals surface area contributed by atoms with Crippen molar-refractivity contribution < 1.29 is 14.7 Å². The average molecular weight is 372 g/mol. The van der Waals surface area contributed by atoms with Gasteiger partial charge in [0.1, 0.15) is 5.54 Å². The summed E-state index contributed by atoms with van der Waals surface area (Å²) in [7, 11) is 1.83. The molecule has 0 radical (unpaired) electrons. The zero-order chi connectivity index (χ0) is 17.9. The summed E-state index contributed by atoms with van der Waals surface area (Å²) in [6.07, 6.45) is 0.357. The van der Waals surface area contributed by atoms with E-state index >= 15 is 0 Å². The maximum absolute atomic E-state index is 12.3. The van der Waals surface area contributed by atoms with E-state index in [1.807, 2.05) is 11.9 Å². The van der Waals surface area contributed by atoms with Crippen molar-refractivity contribution in [2.24, 2.45) is 5.18 Å².